The van der Waals surface area contributed by atoms with Crippen molar-refractivity contribution in [3.63, 3.8) is 0 Å². The first kappa shape index (κ1) is 18.7. The number of carbonyl (C=O) groups is 3. The molecular formula is C20H17ClO4S. The van der Waals surface area contributed by atoms with E-state index in [-0.39, 0.29) is 12.2 Å². The van der Waals surface area contributed by atoms with E-state index >= 15 is 0 Å². The van der Waals surface area contributed by atoms with E-state index in [2.05, 4.69) is 0 Å². The van der Waals surface area contributed by atoms with Crippen molar-refractivity contribution in [1.82, 2.24) is 0 Å². The summed E-state index contributed by atoms with van der Waals surface area (Å²) in [6, 6.07) is 16.1. The highest BCUT2D eigenvalue weighted by molar-refractivity contribution is 8.01. The van der Waals surface area contributed by atoms with Crippen LogP contribution in [0, 0.1) is 5.92 Å². The Bertz CT molecular complexity index is 819. The van der Waals surface area contributed by atoms with Crippen molar-refractivity contribution in [1.29, 1.82) is 0 Å². The van der Waals surface area contributed by atoms with Crippen molar-refractivity contribution in [3.8, 4) is 0 Å². The Labute approximate surface area is 160 Å². The third-order valence-electron chi connectivity index (χ3n) is 4.43. The van der Waals surface area contributed by atoms with E-state index in [1.165, 1.54) is 7.11 Å². The van der Waals surface area contributed by atoms with E-state index < -0.39 is 28.8 Å². The molecule has 134 valence electrons. The van der Waals surface area contributed by atoms with E-state index in [9.17, 15) is 14.4 Å². The van der Waals surface area contributed by atoms with Gasteiger partial charge in [-0.2, -0.15) is 0 Å². The summed E-state index contributed by atoms with van der Waals surface area (Å²) in [7, 11) is 1.26. The molecule has 1 aliphatic carbocycles. The summed E-state index contributed by atoms with van der Waals surface area (Å²) in [5, 5.41) is -0.340. The molecule has 0 amide bonds. The van der Waals surface area contributed by atoms with Crippen LogP contribution in [0.2, 0.25) is 5.02 Å². The lowest BCUT2D eigenvalue weighted by Crippen LogP contribution is -2.46. The number of halogens is 1. The number of carbonyl (C=O) groups excluding carboxylic acids is 3. The van der Waals surface area contributed by atoms with Crippen LogP contribution in [-0.2, 0) is 19.1 Å². The normalized spacial score (nSPS) is 22.9. The number of esters is 1. The van der Waals surface area contributed by atoms with E-state index in [1.54, 1.807) is 24.3 Å². The molecule has 3 atom stereocenters. The Hall–Kier alpha value is -2.11. The van der Waals surface area contributed by atoms with Crippen LogP contribution in [0.3, 0.4) is 0 Å². The molecule has 1 fully saturated rings. The molecule has 2 aromatic carbocycles. The molecule has 0 aromatic heterocycles. The summed E-state index contributed by atoms with van der Waals surface area (Å²) in [6.07, 6.45) is 0.126. The molecule has 1 saturated carbocycles. The van der Waals surface area contributed by atoms with E-state index in [4.69, 9.17) is 16.3 Å². The van der Waals surface area contributed by atoms with Crippen molar-refractivity contribution in [2.45, 2.75) is 22.5 Å². The van der Waals surface area contributed by atoms with Gasteiger partial charge in [-0.3, -0.25) is 14.4 Å². The summed E-state index contributed by atoms with van der Waals surface area (Å²) >= 11 is 7.03. The van der Waals surface area contributed by atoms with Gasteiger partial charge in [0.05, 0.1) is 7.11 Å². The van der Waals surface area contributed by atoms with Crippen molar-refractivity contribution in [3.05, 3.63) is 65.2 Å². The molecule has 0 heterocycles. The molecule has 0 aliphatic heterocycles. The molecule has 0 saturated heterocycles. The molecule has 26 heavy (non-hydrogen) atoms. The number of Topliss-reactive ketones (excluding diaryl/α,β-unsaturated/α-hetero) is 2. The fourth-order valence-electron chi connectivity index (χ4n) is 3.15. The van der Waals surface area contributed by atoms with Crippen LogP contribution in [0.4, 0.5) is 0 Å². The van der Waals surface area contributed by atoms with Crippen LogP contribution in [-0.4, -0.2) is 29.9 Å². The van der Waals surface area contributed by atoms with Crippen molar-refractivity contribution in [2.75, 3.05) is 7.11 Å². The first-order valence-corrected chi connectivity index (χ1v) is 9.38. The quantitative estimate of drug-likeness (QED) is 0.587. The predicted molar refractivity (Wildman–Crippen MR) is 100 cm³/mol. The summed E-state index contributed by atoms with van der Waals surface area (Å²) in [5.41, 5.74) is 0.791. The van der Waals surface area contributed by atoms with Gasteiger partial charge < -0.3 is 4.74 Å². The number of hydrogen-bond donors (Lipinski definition) is 0. The SMILES string of the molecule is COC(=O)[C@@H]1C(=O)[C@H](Sc2ccc(Cl)cc2)C(=O)C[C@H]1c1ccccc1. The fraction of sp³-hybridized carbons (Fsp3) is 0.250. The van der Waals surface area contributed by atoms with Crippen molar-refractivity contribution < 1.29 is 19.1 Å². The van der Waals surface area contributed by atoms with Crippen LogP contribution in [0.5, 0.6) is 0 Å². The lowest BCUT2D eigenvalue weighted by atomic mass is 9.74. The monoisotopic (exact) mass is 388 g/mol. The highest BCUT2D eigenvalue weighted by Crippen LogP contribution is 2.40. The smallest absolute Gasteiger partial charge is 0.316 e. The first-order valence-electron chi connectivity index (χ1n) is 8.12. The molecule has 3 rings (SSSR count). The lowest BCUT2D eigenvalue weighted by Gasteiger charge is -2.32. The van der Waals surface area contributed by atoms with Crippen LogP contribution in [0.1, 0.15) is 17.9 Å². The molecule has 6 heteroatoms. The number of rotatable bonds is 4. The number of ether oxygens (including phenoxy) is 1. The van der Waals surface area contributed by atoms with Gasteiger partial charge in [0, 0.05) is 22.3 Å². The highest BCUT2D eigenvalue weighted by atomic mass is 35.5. The summed E-state index contributed by atoms with van der Waals surface area (Å²) in [6.45, 7) is 0. The number of benzene rings is 2. The Morgan fingerprint density at radius 3 is 2.35 bits per heavy atom. The average molecular weight is 389 g/mol. The molecule has 0 radical (unpaired) electrons. The van der Waals surface area contributed by atoms with Gasteiger partial charge in [0.25, 0.3) is 0 Å². The topological polar surface area (TPSA) is 60.4 Å². The molecule has 0 bridgehead atoms. The maximum Gasteiger partial charge on any atom is 0.316 e. The number of ketones is 2. The maximum absolute atomic E-state index is 13.0. The van der Waals surface area contributed by atoms with Crippen molar-refractivity contribution in [2.24, 2.45) is 5.92 Å². The van der Waals surface area contributed by atoms with Gasteiger partial charge in [0.2, 0.25) is 0 Å². The van der Waals surface area contributed by atoms with Crippen LogP contribution < -0.4 is 0 Å². The highest BCUT2D eigenvalue weighted by Gasteiger charge is 2.48. The van der Waals surface area contributed by atoms with Crippen LogP contribution in [0.25, 0.3) is 0 Å². The van der Waals surface area contributed by atoms with Gasteiger partial charge >= 0.3 is 5.97 Å². The van der Waals surface area contributed by atoms with E-state index in [0.717, 1.165) is 22.2 Å². The second-order valence-electron chi connectivity index (χ2n) is 6.04. The molecule has 2 aromatic rings. The standard InChI is InChI=1S/C20H17ClO4S/c1-25-20(24)17-15(12-5-3-2-4-6-12)11-16(22)19(18(17)23)26-14-9-7-13(21)8-10-14/h2-10,15,17,19H,11H2,1H3/t15-,17-,19+/m0/s1. The Kier molecular flexibility index (Phi) is 5.79. The minimum Gasteiger partial charge on any atom is -0.468 e. The zero-order valence-corrected chi connectivity index (χ0v) is 15.6. The number of thioether (sulfide) groups is 1. The molecular weight excluding hydrogens is 372 g/mol. The van der Waals surface area contributed by atoms with E-state index in [1.807, 2.05) is 30.3 Å². The Morgan fingerprint density at radius 1 is 1.08 bits per heavy atom. The predicted octanol–water partition coefficient (Wildman–Crippen LogP) is 3.92. The van der Waals surface area contributed by atoms with Gasteiger partial charge in [0.15, 0.2) is 11.6 Å². The second-order valence-corrected chi connectivity index (χ2v) is 7.66. The average Bonchev–Trinajstić information content (AvgIpc) is 2.66. The molecule has 0 spiro atoms. The Balaban J connectivity index is 1.91. The number of methoxy groups -OCH3 is 1. The third-order valence-corrected chi connectivity index (χ3v) is 5.96. The van der Waals surface area contributed by atoms with Crippen molar-refractivity contribution >= 4 is 40.9 Å². The summed E-state index contributed by atoms with van der Waals surface area (Å²) < 4.78 is 4.86. The summed E-state index contributed by atoms with van der Waals surface area (Å²) in [4.78, 5) is 38.8. The molecule has 1 aliphatic rings. The third kappa shape index (κ3) is 3.84. The lowest BCUT2D eigenvalue weighted by molar-refractivity contribution is -0.152. The molecule has 0 N–H and O–H groups in total. The second kappa shape index (κ2) is 8.06. The van der Waals surface area contributed by atoms with Gasteiger partial charge in [-0.25, -0.2) is 0 Å². The zero-order chi connectivity index (χ0) is 18.7. The maximum atomic E-state index is 13.0. The Morgan fingerprint density at radius 2 is 1.73 bits per heavy atom. The van der Waals surface area contributed by atoms with Gasteiger partial charge in [-0.15, -0.1) is 11.8 Å². The van der Waals surface area contributed by atoms with Crippen LogP contribution >= 0.6 is 23.4 Å². The van der Waals surface area contributed by atoms with E-state index in [0.29, 0.717) is 5.02 Å². The minimum absolute atomic E-state index is 0.126. The first-order chi connectivity index (χ1) is 12.5. The summed E-state index contributed by atoms with van der Waals surface area (Å²) in [5.74, 6) is -2.65. The number of hydrogen-bond acceptors (Lipinski definition) is 5. The van der Waals surface area contributed by atoms with Gasteiger partial charge in [0.1, 0.15) is 11.2 Å². The van der Waals surface area contributed by atoms with Gasteiger partial charge in [-0.1, -0.05) is 41.9 Å². The zero-order valence-electron chi connectivity index (χ0n) is 14.1. The minimum atomic E-state index is -0.982. The largest absolute Gasteiger partial charge is 0.468 e. The molecule has 4 nitrogen and oxygen atoms in total. The fourth-order valence-corrected chi connectivity index (χ4v) is 4.33. The van der Waals surface area contributed by atoms with Crippen LogP contribution in [0.15, 0.2) is 59.5 Å². The molecule has 0 unspecified atom stereocenters. The van der Waals surface area contributed by atoms with Gasteiger partial charge in [-0.05, 0) is 29.8 Å².